The first-order valence-corrected chi connectivity index (χ1v) is 6.60. The van der Waals surface area contributed by atoms with Crippen LogP contribution in [0.2, 0.25) is 0 Å². The van der Waals surface area contributed by atoms with Crippen molar-refractivity contribution in [1.82, 2.24) is 0 Å². The number of hydrogen-bond donors (Lipinski definition) is 0. The monoisotopic (exact) mass is 296 g/mol. The SMILES string of the molecule is O=C1CC(C2CCOC2)Oc2cc(Br)ccc21. The third kappa shape index (κ3) is 2.11. The highest BCUT2D eigenvalue weighted by Gasteiger charge is 2.34. The van der Waals surface area contributed by atoms with Crippen LogP contribution in [0.1, 0.15) is 23.2 Å². The Hall–Kier alpha value is -0.870. The number of ether oxygens (including phenoxy) is 2. The van der Waals surface area contributed by atoms with Crippen molar-refractivity contribution in [2.45, 2.75) is 18.9 Å². The molecule has 2 atom stereocenters. The van der Waals surface area contributed by atoms with Gasteiger partial charge in [-0.15, -0.1) is 0 Å². The first kappa shape index (κ1) is 11.2. The van der Waals surface area contributed by atoms with Gasteiger partial charge in [-0.3, -0.25) is 4.79 Å². The molecule has 17 heavy (non-hydrogen) atoms. The topological polar surface area (TPSA) is 35.5 Å². The van der Waals surface area contributed by atoms with E-state index in [1.54, 1.807) is 0 Å². The summed E-state index contributed by atoms with van der Waals surface area (Å²) in [6, 6.07) is 5.57. The van der Waals surface area contributed by atoms with E-state index >= 15 is 0 Å². The molecule has 3 rings (SSSR count). The van der Waals surface area contributed by atoms with E-state index < -0.39 is 0 Å². The van der Waals surface area contributed by atoms with Crippen molar-refractivity contribution in [3.63, 3.8) is 0 Å². The van der Waals surface area contributed by atoms with E-state index in [1.165, 1.54) is 0 Å². The standard InChI is InChI=1S/C13H13BrO3/c14-9-1-2-10-11(15)6-12(17-13(10)5-9)8-3-4-16-7-8/h1-2,5,8,12H,3-4,6-7H2. The third-order valence-electron chi connectivity index (χ3n) is 3.40. The van der Waals surface area contributed by atoms with Crippen LogP contribution in [0.5, 0.6) is 5.75 Å². The normalized spacial score (nSPS) is 27.7. The maximum Gasteiger partial charge on any atom is 0.170 e. The summed E-state index contributed by atoms with van der Waals surface area (Å²) in [4.78, 5) is 12.0. The van der Waals surface area contributed by atoms with Crippen molar-refractivity contribution >= 4 is 21.7 Å². The second kappa shape index (κ2) is 4.42. The highest BCUT2D eigenvalue weighted by atomic mass is 79.9. The number of carbonyl (C=O) groups excluding carboxylic acids is 1. The Balaban J connectivity index is 1.88. The molecule has 2 unspecified atom stereocenters. The molecule has 1 fully saturated rings. The average Bonchev–Trinajstić information content (AvgIpc) is 2.81. The van der Waals surface area contributed by atoms with Gasteiger partial charge in [0, 0.05) is 23.4 Å². The number of rotatable bonds is 1. The number of hydrogen-bond acceptors (Lipinski definition) is 3. The van der Waals surface area contributed by atoms with E-state index in [0.717, 1.165) is 17.5 Å². The van der Waals surface area contributed by atoms with Crippen LogP contribution in [-0.4, -0.2) is 25.1 Å². The molecule has 1 aromatic rings. The predicted octanol–water partition coefficient (Wildman–Crippen LogP) is 2.82. The number of benzene rings is 1. The van der Waals surface area contributed by atoms with E-state index in [4.69, 9.17) is 9.47 Å². The fourth-order valence-corrected chi connectivity index (χ4v) is 2.77. The molecule has 0 saturated carbocycles. The molecular formula is C13H13BrO3. The van der Waals surface area contributed by atoms with E-state index in [-0.39, 0.29) is 11.9 Å². The maximum absolute atomic E-state index is 12.0. The van der Waals surface area contributed by atoms with Gasteiger partial charge in [-0.1, -0.05) is 15.9 Å². The fourth-order valence-electron chi connectivity index (χ4n) is 2.43. The highest BCUT2D eigenvalue weighted by molar-refractivity contribution is 9.10. The zero-order chi connectivity index (χ0) is 11.8. The van der Waals surface area contributed by atoms with Gasteiger partial charge in [0.1, 0.15) is 11.9 Å². The first-order valence-electron chi connectivity index (χ1n) is 5.81. The summed E-state index contributed by atoms with van der Waals surface area (Å²) in [6.07, 6.45) is 1.44. The van der Waals surface area contributed by atoms with Crippen LogP contribution >= 0.6 is 15.9 Å². The average molecular weight is 297 g/mol. The molecule has 1 saturated heterocycles. The molecule has 2 heterocycles. The molecule has 2 aliphatic rings. The van der Waals surface area contributed by atoms with Crippen molar-refractivity contribution in [2.24, 2.45) is 5.92 Å². The summed E-state index contributed by atoms with van der Waals surface area (Å²) in [5, 5.41) is 0. The van der Waals surface area contributed by atoms with Gasteiger partial charge in [0.2, 0.25) is 0 Å². The molecular weight excluding hydrogens is 284 g/mol. The zero-order valence-electron chi connectivity index (χ0n) is 9.32. The van der Waals surface area contributed by atoms with Gasteiger partial charge in [-0.2, -0.15) is 0 Å². The second-order valence-electron chi connectivity index (χ2n) is 4.55. The Bertz CT molecular complexity index is 452. The minimum absolute atomic E-state index is 0.0215. The number of fused-ring (bicyclic) bond motifs is 1. The summed E-state index contributed by atoms with van der Waals surface area (Å²) >= 11 is 3.40. The Labute approximate surface area is 108 Å². The second-order valence-corrected chi connectivity index (χ2v) is 5.46. The molecule has 1 aromatic carbocycles. The van der Waals surface area contributed by atoms with Gasteiger partial charge < -0.3 is 9.47 Å². The lowest BCUT2D eigenvalue weighted by atomic mass is 9.92. The van der Waals surface area contributed by atoms with Gasteiger partial charge in [-0.25, -0.2) is 0 Å². The lowest BCUT2D eigenvalue weighted by molar-refractivity contribution is 0.0693. The molecule has 0 radical (unpaired) electrons. The van der Waals surface area contributed by atoms with Crippen molar-refractivity contribution in [1.29, 1.82) is 0 Å². The van der Waals surface area contributed by atoms with Crippen LogP contribution in [0, 0.1) is 5.92 Å². The Morgan fingerprint density at radius 3 is 3.00 bits per heavy atom. The highest BCUT2D eigenvalue weighted by Crippen LogP contribution is 2.34. The number of Topliss-reactive ketones (excluding diaryl/α,β-unsaturated/α-hetero) is 1. The van der Waals surface area contributed by atoms with Crippen molar-refractivity contribution in [3.8, 4) is 5.75 Å². The van der Waals surface area contributed by atoms with Crippen LogP contribution in [-0.2, 0) is 4.74 Å². The lowest BCUT2D eigenvalue weighted by Gasteiger charge is -2.28. The van der Waals surface area contributed by atoms with Gasteiger partial charge in [0.25, 0.3) is 0 Å². The summed E-state index contributed by atoms with van der Waals surface area (Å²) < 4.78 is 12.2. The Morgan fingerprint density at radius 1 is 1.35 bits per heavy atom. The minimum Gasteiger partial charge on any atom is -0.489 e. The van der Waals surface area contributed by atoms with E-state index in [0.29, 0.717) is 30.3 Å². The number of ketones is 1. The molecule has 0 bridgehead atoms. The zero-order valence-corrected chi connectivity index (χ0v) is 10.9. The van der Waals surface area contributed by atoms with Crippen molar-refractivity contribution in [2.75, 3.05) is 13.2 Å². The third-order valence-corrected chi connectivity index (χ3v) is 3.89. The van der Waals surface area contributed by atoms with Crippen molar-refractivity contribution in [3.05, 3.63) is 28.2 Å². The molecule has 3 nitrogen and oxygen atoms in total. The Kier molecular flexibility index (Phi) is 2.92. The van der Waals surface area contributed by atoms with Gasteiger partial charge in [-0.05, 0) is 24.6 Å². The van der Waals surface area contributed by atoms with Crippen LogP contribution in [0.3, 0.4) is 0 Å². The molecule has 90 valence electrons. The summed E-state index contributed by atoms with van der Waals surface area (Å²) in [6.45, 7) is 1.49. The minimum atomic E-state index is -0.0215. The molecule has 0 spiro atoms. The fraction of sp³-hybridized carbons (Fsp3) is 0.462. The summed E-state index contributed by atoms with van der Waals surface area (Å²) in [7, 11) is 0. The molecule has 2 aliphatic heterocycles. The van der Waals surface area contributed by atoms with Gasteiger partial charge >= 0.3 is 0 Å². The molecule has 0 aliphatic carbocycles. The van der Waals surface area contributed by atoms with E-state index in [1.807, 2.05) is 18.2 Å². The van der Waals surface area contributed by atoms with Gasteiger partial charge in [0.05, 0.1) is 12.2 Å². The molecule has 0 aromatic heterocycles. The van der Waals surface area contributed by atoms with Crippen LogP contribution in [0.15, 0.2) is 22.7 Å². The maximum atomic E-state index is 12.0. The summed E-state index contributed by atoms with van der Waals surface area (Å²) in [5.74, 6) is 1.23. The largest absolute Gasteiger partial charge is 0.489 e. The quantitative estimate of drug-likeness (QED) is 0.799. The number of carbonyl (C=O) groups is 1. The lowest BCUT2D eigenvalue weighted by Crippen LogP contribution is -2.34. The van der Waals surface area contributed by atoms with Crippen LogP contribution < -0.4 is 4.74 Å². The van der Waals surface area contributed by atoms with Crippen LogP contribution in [0.25, 0.3) is 0 Å². The van der Waals surface area contributed by atoms with Crippen LogP contribution in [0.4, 0.5) is 0 Å². The van der Waals surface area contributed by atoms with E-state index in [2.05, 4.69) is 15.9 Å². The van der Waals surface area contributed by atoms with Crippen molar-refractivity contribution < 1.29 is 14.3 Å². The summed E-state index contributed by atoms with van der Waals surface area (Å²) in [5.41, 5.74) is 0.698. The predicted molar refractivity (Wildman–Crippen MR) is 66.4 cm³/mol. The number of halogens is 1. The smallest absolute Gasteiger partial charge is 0.170 e. The van der Waals surface area contributed by atoms with E-state index in [9.17, 15) is 4.79 Å². The molecule has 0 amide bonds. The molecule has 4 heteroatoms. The Morgan fingerprint density at radius 2 is 2.24 bits per heavy atom. The first-order chi connectivity index (χ1) is 8.24. The van der Waals surface area contributed by atoms with Gasteiger partial charge in [0.15, 0.2) is 5.78 Å². The molecule has 0 N–H and O–H groups in total.